The van der Waals surface area contributed by atoms with Gasteiger partial charge in [-0.3, -0.25) is 9.59 Å². The Hall–Kier alpha value is -5.06. The molecule has 0 heterocycles. The third-order valence-corrected chi connectivity index (χ3v) is 7.86. The summed E-state index contributed by atoms with van der Waals surface area (Å²) in [4.78, 5) is 28.9. The van der Waals surface area contributed by atoms with E-state index in [1.54, 1.807) is 24.3 Å². The summed E-state index contributed by atoms with van der Waals surface area (Å²) in [5.41, 5.74) is -1.14. The Morgan fingerprint density at radius 1 is 0.896 bits per heavy atom. The number of guanidine groups is 1. The number of nitriles is 1. The number of carboxylic acid groups (broad SMARTS) is 1. The smallest absolute Gasteiger partial charge is 0.416 e. The lowest BCUT2D eigenvalue weighted by Gasteiger charge is -2.29. The minimum Gasteiger partial charge on any atom is -0.481 e. The largest absolute Gasteiger partial charge is 0.481 e. The number of carboxylic acids is 1. The number of anilines is 2. The number of alkyl halides is 6. The monoisotopic (exact) mass is 673 g/mol. The predicted octanol–water partition coefficient (Wildman–Crippen LogP) is 7.97. The standard InChI is InChI=1S/C34H33F6N5O3/c35-33(36,37)26-18-27(34(38,39)40)20-28(19-26)44-32(43-17-15-41)45(29-12-10-24(11-13-29)23-4-2-1-3-5-23)21-22-6-8-25(9-7-22)31(48)42-16-14-30(46)47/h6-13,18-20,23H,1-5,14,16-17,21H2,(H,42,48)(H,43,44)(H,46,47). The molecule has 1 saturated carbocycles. The van der Waals surface area contributed by atoms with Crippen LogP contribution in [0.3, 0.4) is 0 Å². The highest BCUT2D eigenvalue weighted by Gasteiger charge is 2.37. The van der Waals surface area contributed by atoms with Crippen LogP contribution in [-0.2, 0) is 23.7 Å². The van der Waals surface area contributed by atoms with Crippen molar-refractivity contribution in [2.24, 2.45) is 4.99 Å². The highest BCUT2D eigenvalue weighted by Crippen LogP contribution is 2.38. The minimum absolute atomic E-state index is 0.00790. The molecule has 1 fully saturated rings. The highest BCUT2D eigenvalue weighted by molar-refractivity contribution is 6.05. The number of halogens is 6. The van der Waals surface area contributed by atoms with Crippen molar-refractivity contribution in [2.75, 3.05) is 23.3 Å². The Labute approximate surface area is 273 Å². The second-order valence-electron chi connectivity index (χ2n) is 11.3. The number of nitrogens with one attached hydrogen (secondary N) is 2. The second kappa shape index (κ2) is 15.7. The van der Waals surface area contributed by atoms with Gasteiger partial charge < -0.3 is 20.6 Å². The molecule has 0 radical (unpaired) electrons. The fourth-order valence-corrected chi connectivity index (χ4v) is 5.44. The molecule has 48 heavy (non-hydrogen) atoms. The van der Waals surface area contributed by atoms with Crippen LogP contribution in [0.4, 0.5) is 37.7 Å². The lowest BCUT2D eigenvalue weighted by Crippen LogP contribution is -2.36. The summed E-state index contributed by atoms with van der Waals surface area (Å²) in [5, 5.41) is 23.2. The van der Waals surface area contributed by atoms with Gasteiger partial charge in [0.25, 0.3) is 5.91 Å². The van der Waals surface area contributed by atoms with Crippen molar-refractivity contribution in [2.45, 2.75) is 63.3 Å². The van der Waals surface area contributed by atoms with Crippen molar-refractivity contribution in [3.63, 3.8) is 0 Å². The van der Waals surface area contributed by atoms with Gasteiger partial charge in [0.15, 0.2) is 0 Å². The van der Waals surface area contributed by atoms with E-state index in [9.17, 15) is 41.2 Å². The van der Waals surface area contributed by atoms with Gasteiger partial charge in [0.2, 0.25) is 5.96 Å². The van der Waals surface area contributed by atoms with E-state index >= 15 is 0 Å². The van der Waals surface area contributed by atoms with Gasteiger partial charge in [-0.15, -0.1) is 0 Å². The van der Waals surface area contributed by atoms with Gasteiger partial charge >= 0.3 is 18.3 Å². The van der Waals surface area contributed by atoms with E-state index in [0.29, 0.717) is 29.3 Å². The third-order valence-electron chi connectivity index (χ3n) is 7.86. The first-order valence-corrected chi connectivity index (χ1v) is 15.2. The first-order chi connectivity index (χ1) is 22.7. The zero-order valence-electron chi connectivity index (χ0n) is 25.7. The Kier molecular flexibility index (Phi) is 11.7. The topological polar surface area (TPSA) is 118 Å². The molecule has 0 unspecified atom stereocenters. The van der Waals surface area contributed by atoms with Crippen molar-refractivity contribution in [1.82, 2.24) is 5.32 Å². The van der Waals surface area contributed by atoms with Crippen LogP contribution in [0.2, 0.25) is 0 Å². The number of hydrogen-bond acceptors (Lipinski definition) is 4. The van der Waals surface area contributed by atoms with E-state index in [0.717, 1.165) is 31.2 Å². The van der Waals surface area contributed by atoms with Gasteiger partial charge in [0.1, 0.15) is 6.54 Å². The summed E-state index contributed by atoms with van der Waals surface area (Å²) >= 11 is 0. The van der Waals surface area contributed by atoms with Gasteiger partial charge in [-0.25, -0.2) is 4.99 Å². The summed E-state index contributed by atoms with van der Waals surface area (Å²) < 4.78 is 81.8. The summed E-state index contributed by atoms with van der Waals surface area (Å²) in [6.07, 6.45) is -4.95. The molecule has 8 nitrogen and oxygen atoms in total. The molecule has 1 amide bonds. The summed E-state index contributed by atoms with van der Waals surface area (Å²) in [6, 6.07) is 16.6. The quantitative estimate of drug-likeness (QED) is 0.0870. The molecular formula is C34H33F6N5O3. The number of aliphatic carboxylic acids is 1. The maximum absolute atomic E-state index is 13.6. The molecule has 0 spiro atoms. The van der Waals surface area contributed by atoms with E-state index in [-0.39, 0.29) is 37.1 Å². The van der Waals surface area contributed by atoms with E-state index in [1.807, 2.05) is 18.2 Å². The number of aliphatic imine (C=N–C) groups is 1. The maximum Gasteiger partial charge on any atom is 0.416 e. The number of hydrogen-bond donors (Lipinski definition) is 3. The van der Waals surface area contributed by atoms with Crippen molar-refractivity contribution < 1.29 is 41.0 Å². The van der Waals surface area contributed by atoms with Gasteiger partial charge in [0, 0.05) is 23.5 Å². The fourth-order valence-electron chi connectivity index (χ4n) is 5.44. The SMILES string of the molecule is N#CCN=C(Nc1cc(C(F)(F)F)cc(C(F)(F)F)c1)N(Cc1ccc(C(=O)NCCC(=O)O)cc1)c1ccc(C2CCCCC2)cc1. The molecule has 3 aromatic carbocycles. The average molecular weight is 674 g/mol. The Morgan fingerprint density at radius 3 is 2.04 bits per heavy atom. The van der Waals surface area contributed by atoms with Crippen LogP contribution < -0.4 is 15.5 Å². The van der Waals surface area contributed by atoms with E-state index in [1.165, 1.54) is 23.5 Å². The summed E-state index contributed by atoms with van der Waals surface area (Å²) in [5.74, 6) is -1.38. The molecule has 3 N–H and O–H groups in total. The lowest BCUT2D eigenvalue weighted by molar-refractivity contribution is -0.143. The third kappa shape index (κ3) is 9.97. The number of carbonyl (C=O) groups excluding carboxylic acids is 1. The van der Waals surface area contributed by atoms with Crippen molar-refractivity contribution in [3.05, 3.63) is 94.5 Å². The number of rotatable bonds is 10. The van der Waals surface area contributed by atoms with Crippen LogP contribution in [0.15, 0.2) is 71.7 Å². The lowest BCUT2D eigenvalue weighted by atomic mass is 9.84. The Morgan fingerprint density at radius 2 is 1.50 bits per heavy atom. The number of carbonyl (C=O) groups is 2. The van der Waals surface area contributed by atoms with Crippen LogP contribution in [0.1, 0.15) is 77.1 Å². The molecule has 0 aromatic heterocycles. The van der Waals surface area contributed by atoms with E-state index < -0.39 is 47.6 Å². The highest BCUT2D eigenvalue weighted by atomic mass is 19.4. The molecule has 3 aromatic rings. The molecule has 254 valence electrons. The van der Waals surface area contributed by atoms with Crippen LogP contribution in [0, 0.1) is 11.3 Å². The molecule has 0 saturated heterocycles. The van der Waals surface area contributed by atoms with Gasteiger partial charge in [-0.2, -0.15) is 31.6 Å². The fraction of sp³-hybridized carbons (Fsp3) is 0.353. The number of nitrogens with zero attached hydrogens (tertiary/aromatic N) is 3. The van der Waals surface area contributed by atoms with Gasteiger partial charge in [0.05, 0.1) is 30.2 Å². The minimum atomic E-state index is -5.07. The zero-order chi connectivity index (χ0) is 34.9. The molecule has 0 bridgehead atoms. The van der Waals surface area contributed by atoms with E-state index in [4.69, 9.17) is 5.11 Å². The van der Waals surface area contributed by atoms with Crippen molar-refractivity contribution >= 4 is 29.2 Å². The first kappa shape index (κ1) is 35.8. The van der Waals surface area contributed by atoms with Crippen molar-refractivity contribution in [1.29, 1.82) is 5.26 Å². The Bertz CT molecular complexity index is 1610. The molecule has 0 aliphatic heterocycles. The normalized spacial score (nSPS) is 14.2. The molecular weight excluding hydrogens is 640 g/mol. The summed E-state index contributed by atoms with van der Waals surface area (Å²) in [6.45, 7) is -0.540. The molecule has 1 aliphatic carbocycles. The second-order valence-corrected chi connectivity index (χ2v) is 11.3. The molecule has 1 aliphatic rings. The van der Waals surface area contributed by atoms with Crippen LogP contribution in [-0.4, -0.2) is 36.0 Å². The maximum atomic E-state index is 13.6. The van der Waals surface area contributed by atoms with Gasteiger partial charge in [-0.05, 0) is 72.4 Å². The molecule has 4 rings (SSSR count). The van der Waals surface area contributed by atoms with Crippen LogP contribution >= 0.6 is 0 Å². The van der Waals surface area contributed by atoms with Gasteiger partial charge in [-0.1, -0.05) is 43.5 Å². The average Bonchev–Trinajstić information content (AvgIpc) is 3.05. The van der Waals surface area contributed by atoms with Crippen molar-refractivity contribution in [3.8, 4) is 6.07 Å². The molecule has 0 atom stereocenters. The molecule has 14 heteroatoms. The van der Waals surface area contributed by atoms with E-state index in [2.05, 4.69) is 15.6 Å². The Balaban J connectivity index is 1.71. The first-order valence-electron chi connectivity index (χ1n) is 15.2. The van der Waals surface area contributed by atoms with Crippen LogP contribution in [0.5, 0.6) is 0 Å². The van der Waals surface area contributed by atoms with Crippen LogP contribution in [0.25, 0.3) is 0 Å². The number of benzene rings is 3. The zero-order valence-corrected chi connectivity index (χ0v) is 25.7. The number of amides is 1. The summed E-state index contributed by atoms with van der Waals surface area (Å²) in [7, 11) is 0. The predicted molar refractivity (Wildman–Crippen MR) is 167 cm³/mol.